The highest BCUT2D eigenvalue weighted by Crippen LogP contribution is 2.28. The van der Waals surface area contributed by atoms with Crippen molar-refractivity contribution < 1.29 is 0 Å². The minimum atomic E-state index is 0.758. The second kappa shape index (κ2) is 6.05. The SMILES string of the molecule is C1=Cc2nc3ccccc3c(CNc3ccncc3)c2C=CC1. The van der Waals surface area contributed by atoms with Crippen molar-refractivity contribution in [3.63, 3.8) is 0 Å². The summed E-state index contributed by atoms with van der Waals surface area (Å²) in [6.07, 6.45) is 13.2. The summed E-state index contributed by atoms with van der Waals surface area (Å²) in [5.74, 6) is 0. The number of allylic oxidation sites excluding steroid dienone is 2. The van der Waals surface area contributed by atoms with Crippen LogP contribution in [-0.4, -0.2) is 9.97 Å². The summed E-state index contributed by atoms with van der Waals surface area (Å²) in [6, 6.07) is 12.3. The van der Waals surface area contributed by atoms with Crippen LogP contribution in [0.3, 0.4) is 0 Å². The van der Waals surface area contributed by atoms with Gasteiger partial charge in [0.2, 0.25) is 0 Å². The third-order valence-corrected chi connectivity index (χ3v) is 4.05. The summed E-state index contributed by atoms with van der Waals surface area (Å²) in [5.41, 5.74) is 5.65. The molecular weight excluding hydrogens is 282 g/mol. The molecule has 1 aliphatic carbocycles. The van der Waals surface area contributed by atoms with E-state index in [1.807, 2.05) is 18.2 Å². The Hall–Kier alpha value is -2.94. The van der Waals surface area contributed by atoms with Crippen LogP contribution in [0.15, 0.2) is 60.9 Å². The van der Waals surface area contributed by atoms with E-state index in [0.29, 0.717) is 0 Å². The number of benzene rings is 1. The van der Waals surface area contributed by atoms with Gasteiger partial charge in [0.15, 0.2) is 0 Å². The highest BCUT2D eigenvalue weighted by atomic mass is 14.9. The van der Waals surface area contributed by atoms with Crippen molar-refractivity contribution in [2.45, 2.75) is 13.0 Å². The number of nitrogens with zero attached hydrogens (tertiary/aromatic N) is 2. The van der Waals surface area contributed by atoms with Gasteiger partial charge in [0.25, 0.3) is 0 Å². The van der Waals surface area contributed by atoms with Crippen LogP contribution in [0.5, 0.6) is 0 Å². The third-order valence-electron chi connectivity index (χ3n) is 4.05. The van der Waals surface area contributed by atoms with Crippen molar-refractivity contribution in [1.82, 2.24) is 9.97 Å². The molecule has 23 heavy (non-hydrogen) atoms. The molecule has 0 aliphatic heterocycles. The summed E-state index contributed by atoms with van der Waals surface area (Å²) in [4.78, 5) is 8.88. The Bertz CT molecular complexity index is 895. The molecule has 0 amide bonds. The van der Waals surface area contributed by atoms with Gasteiger partial charge in [-0.1, -0.05) is 36.4 Å². The fraction of sp³-hybridized carbons (Fsp3) is 0.100. The van der Waals surface area contributed by atoms with Crippen LogP contribution in [-0.2, 0) is 6.54 Å². The van der Waals surface area contributed by atoms with Crippen LogP contribution >= 0.6 is 0 Å². The van der Waals surface area contributed by atoms with E-state index in [9.17, 15) is 0 Å². The number of pyridine rings is 2. The second-order valence-electron chi connectivity index (χ2n) is 5.54. The minimum Gasteiger partial charge on any atom is -0.381 e. The smallest absolute Gasteiger partial charge is 0.0713 e. The molecule has 3 nitrogen and oxygen atoms in total. The highest BCUT2D eigenvalue weighted by molar-refractivity contribution is 5.88. The summed E-state index contributed by atoms with van der Waals surface area (Å²) in [6.45, 7) is 0.758. The normalized spacial score (nSPS) is 12.9. The van der Waals surface area contributed by atoms with Gasteiger partial charge in [-0.05, 0) is 36.3 Å². The van der Waals surface area contributed by atoms with E-state index in [1.165, 1.54) is 16.5 Å². The Morgan fingerprint density at radius 3 is 2.70 bits per heavy atom. The molecular formula is C20H17N3. The molecule has 1 N–H and O–H groups in total. The largest absolute Gasteiger partial charge is 0.381 e. The zero-order chi connectivity index (χ0) is 15.5. The molecule has 0 bridgehead atoms. The van der Waals surface area contributed by atoms with Crippen LogP contribution in [0.4, 0.5) is 5.69 Å². The number of rotatable bonds is 3. The van der Waals surface area contributed by atoms with E-state index in [-0.39, 0.29) is 0 Å². The second-order valence-corrected chi connectivity index (χ2v) is 5.54. The van der Waals surface area contributed by atoms with Gasteiger partial charge in [0.1, 0.15) is 0 Å². The number of fused-ring (bicyclic) bond motifs is 2. The Labute approximate surface area is 135 Å². The highest BCUT2D eigenvalue weighted by Gasteiger charge is 2.12. The van der Waals surface area contributed by atoms with Gasteiger partial charge in [-0.2, -0.15) is 0 Å². The molecule has 1 aromatic carbocycles. The number of hydrogen-bond acceptors (Lipinski definition) is 3. The van der Waals surface area contributed by atoms with Crippen molar-refractivity contribution in [1.29, 1.82) is 0 Å². The van der Waals surface area contributed by atoms with Gasteiger partial charge in [0.05, 0.1) is 11.2 Å². The first kappa shape index (κ1) is 13.7. The monoisotopic (exact) mass is 299 g/mol. The first-order chi connectivity index (χ1) is 11.4. The lowest BCUT2D eigenvalue weighted by Gasteiger charge is -2.14. The van der Waals surface area contributed by atoms with Crippen LogP contribution in [0.1, 0.15) is 23.2 Å². The molecule has 0 radical (unpaired) electrons. The quantitative estimate of drug-likeness (QED) is 0.763. The van der Waals surface area contributed by atoms with Crippen molar-refractivity contribution >= 4 is 28.7 Å². The van der Waals surface area contributed by atoms with E-state index in [2.05, 4.69) is 52.8 Å². The Balaban J connectivity index is 1.83. The van der Waals surface area contributed by atoms with Gasteiger partial charge in [0, 0.05) is 35.6 Å². The molecule has 2 aromatic heterocycles. The maximum atomic E-state index is 4.82. The molecule has 0 saturated heterocycles. The Morgan fingerprint density at radius 2 is 1.78 bits per heavy atom. The third kappa shape index (κ3) is 2.73. The number of anilines is 1. The fourth-order valence-corrected chi connectivity index (χ4v) is 2.92. The maximum absolute atomic E-state index is 4.82. The molecule has 0 saturated carbocycles. The maximum Gasteiger partial charge on any atom is 0.0713 e. The van der Waals surface area contributed by atoms with Gasteiger partial charge >= 0.3 is 0 Å². The summed E-state index contributed by atoms with van der Waals surface area (Å²) in [7, 11) is 0. The van der Waals surface area contributed by atoms with Gasteiger partial charge in [-0.3, -0.25) is 4.98 Å². The summed E-state index contributed by atoms with van der Waals surface area (Å²) in [5, 5.41) is 4.70. The van der Waals surface area contributed by atoms with E-state index in [0.717, 1.165) is 29.9 Å². The first-order valence-corrected chi connectivity index (χ1v) is 7.80. The summed E-state index contributed by atoms with van der Waals surface area (Å²) < 4.78 is 0. The Kier molecular flexibility index (Phi) is 3.60. The minimum absolute atomic E-state index is 0.758. The molecule has 0 unspecified atom stereocenters. The lowest BCUT2D eigenvalue weighted by Crippen LogP contribution is -2.05. The van der Waals surface area contributed by atoms with E-state index in [1.54, 1.807) is 12.4 Å². The molecule has 0 spiro atoms. The lowest BCUT2D eigenvalue weighted by molar-refractivity contribution is 1.14. The van der Waals surface area contributed by atoms with Crippen LogP contribution in [0.25, 0.3) is 23.1 Å². The zero-order valence-electron chi connectivity index (χ0n) is 12.7. The van der Waals surface area contributed by atoms with E-state index < -0.39 is 0 Å². The molecule has 3 heteroatoms. The van der Waals surface area contributed by atoms with Crippen LogP contribution in [0, 0.1) is 0 Å². The summed E-state index contributed by atoms with van der Waals surface area (Å²) >= 11 is 0. The standard InChI is InChI=1S/C20H17N3/c1-2-6-16-18(14-22-15-10-12-21-13-11-15)17-7-4-5-9-20(17)23-19(16)8-3-1/h2-13H,1,14H2,(H,21,22). The van der Waals surface area contributed by atoms with Crippen LogP contribution in [0.2, 0.25) is 0 Å². The number of nitrogens with one attached hydrogen (secondary N) is 1. The van der Waals surface area contributed by atoms with E-state index >= 15 is 0 Å². The molecule has 0 atom stereocenters. The van der Waals surface area contributed by atoms with Crippen molar-refractivity contribution in [2.75, 3.05) is 5.32 Å². The lowest BCUT2D eigenvalue weighted by atomic mass is 10.00. The van der Waals surface area contributed by atoms with Crippen molar-refractivity contribution in [3.8, 4) is 0 Å². The van der Waals surface area contributed by atoms with E-state index in [4.69, 9.17) is 4.98 Å². The topological polar surface area (TPSA) is 37.8 Å². The van der Waals surface area contributed by atoms with Gasteiger partial charge in [-0.15, -0.1) is 0 Å². The molecule has 112 valence electrons. The zero-order valence-corrected chi connectivity index (χ0v) is 12.7. The van der Waals surface area contributed by atoms with Gasteiger partial charge in [-0.25, -0.2) is 4.98 Å². The fourth-order valence-electron chi connectivity index (χ4n) is 2.92. The molecule has 3 aromatic rings. The van der Waals surface area contributed by atoms with Crippen molar-refractivity contribution in [2.24, 2.45) is 0 Å². The van der Waals surface area contributed by atoms with Gasteiger partial charge < -0.3 is 5.32 Å². The predicted molar refractivity (Wildman–Crippen MR) is 96.0 cm³/mol. The number of aromatic nitrogens is 2. The average Bonchev–Trinajstić information content (AvgIpc) is 2.85. The molecule has 0 fully saturated rings. The average molecular weight is 299 g/mol. The molecule has 1 aliphatic rings. The van der Waals surface area contributed by atoms with Crippen LogP contribution < -0.4 is 5.32 Å². The number of hydrogen-bond donors (Lipinski definition) is 1. The number of para-hydroxylation sites is 1. The molecule has 2 heterocycles. The first-order valence-electron chi connectivity index (χ1n) is 7.80. The van der Waals surface area contributed by atoms with Crippen molar-refractivity contribution in [3.05, 3.63) is 77.8 Å². The molecule has 4 rings (SSSR count). The predicted octanol–water partition coefficient (Wildman–Crippen LogP) is 4.67. The Morgan fingerprint density at radius 1 is 0.957 bits per heavy atom.